The number of hydrogen-bond donors (Lipinski definition) is 0. The number of sulfonamides is 1. The second kappa shape index (κ2) is 8.29. The van der Waals surface area contributed by atoms with Gasteiger partial charge in [-0.3, -0.25) is 4.90 Å². The van der Waals surface area contributed by atoms with Crippen molar-refractivity contribution in [1.29, 1.82) is 0 Å². The topological polar surface area (TPSA) is 66.9 Å². The van der Waals surface area contributed by atoms with Crippen LogP contribution in [-0.2, 0) is 21.4 Å². The maximum absolute atomic E-state index is 13.4. The molecular weight excluding hydrogens is 536 g/mol. The maximum Gasteiger partial charge on any atom is 0.414 e. The third-order valence-corrected chi connectivity index (χ3v) is 10.6. The summed E-state index contributed by atoms with van der Waals surface area (Å²) in [6, 6.07) is 11.1. The second-order valence-electron chi connectivity index (χ2n) is 7.99. The molecule has 3 heterocycles. The number of fused-ring (bicyclic) bond motifs is 2. The van der Waals surface area contributed by atoms with Crippen molar-refractivity contribution in [2.45, 2.75) is 36.6 Å². The Hall–Kier alpha value is -1.65. The van der Waals surface area contributed by atoms with Crippen molar-refractivity contribution in [2.24, 2.45) is 0 Å². The Balaban J connectivity index is 1.38. The first kappa shape index (κ1) is 22.2. The van der Waals surface area contributed by atoms with Crippen LogP contribution in [0, 0.1) is 6.92 Å². The van der Waals surface area contributed by atoms with Gasteiger partial charge in [0.25, 0.3) is 10.0 Å². The van der Waals surface area contributed by atoms with Crippen LogP contribution < -0.4 is 4.90 Å². The molecule has 0 bridgehead atoms. The van der Waals surface area contributed by atoms with E-state index in [1.165, 1.54) is 15.6 Å². The molecule has 1 aromatic heterocycles. The molecular formula is C22H20BrClN2O4S2. The second-order valence-corrected chi connectivity index (χ2v) is 12.5. The summed E-state index contributed by atoms with van der Waals surface area (Å²) in [4.78, 5) is 14.2. The summed E-state index contributed by atoms with van der Waals surface area (Å²) >= 11 is 10.8. The van der Waals surface area contributed by atoms with E-state index in [1.807, 2.05) is 37.3 Å². The van der Waals surface area contributed by atoms with Crippen LogP contribution in [0.25, 0.3) is 10.1 Å². The molecule has 0 radical (unpaired) electrons. The first-order valence-electron chi connectivity index (χ1n) is 10.2. The fraction of sp³-hybridized carbons (Fsp3) is 0.318. The molecule has 1 saturated heterocycles. The third-order valence-electron chi connectivity index (χ3n) is 6.07. The zero-order chi connectivity index (χ0) is 22.6. The Bertz CT molecular complexity index is 1330. The van der Waals surface area contributed by atoms with E-state index >= 15 is 0 Å². The number of aryl methyl sites for hydroxylation is 1. The maximum atomic E-state index is 13.4. The summed E-state index contributed by atoms with van der Waals surface area (Å²) in [7, 11) is -3.63. The van der Waals surface area contributed by atoms with Crippen LogP contribution >= 0.6 is 38.9 Å². The quantitative estimate of drug-likeness (QED) is 0.401. The van der Waals surface area contributed by atoms with Gasteiger partial charge in [0.15, 0.2) is 0 Å². The molecule has 0 spiro atoms. The molecule has 2 aliphatic heterocycles. The summed E-state index contributed by atoms with van der Waals surface area (Å²) in [6.45, 7) is 2.76. The highest BCUT2D eigenvalue weighted by molar-refractivity contribution is 9.10. The summed E-state index contributed by atoms with van der Waals surface area (Å²) in [5.74, 6) is 0. The van der Waals surface area contributed by atoms with Crippen molar-refractivity contribution in [2.75, 3.05) is 18.0 Å². The zero-order valence-corrected chi connectivity index (χ0v) is 21.2. The lowest BCUT2D eigenvalue weighted by molar-refractivity contribution is 0.135. The molecule has 0 aliphatic carbocycles. The molecule has 1 amide bonds. The molecule has 0 saturated carbocycles. The van der Waals surface area contributed by atoms with Gasteiger partial charge in [0, 0.05) is 38.9 Å². The zero-order valence-electron chi connectivity index (χ0n) is 17.2. The number of carbonyl (C=O) groups is 1. The first-order valence-corrected chi connectivity index (χ1v) is 13.6. The van der Waals surface area contributed by atoms with Gasteiger partial charge in [-0.1, -0.05) is 27.5 Å². The van der Waals surface area contributed by atoms with E-state index in [9.17, 15) is 13.2 Å². The van der Waals surface area contributed by atoms with E-state index < -0.39 is 10.0 Å². The minimum absolute atomic E-state index is 0.114. The average molecular weight is 556 g/mol. The number of piperidine rings is 1. The SMILES string of the molecule is Cc1c(S(=O)(=O)N2CCC(N3C(=O)OCc4cc(Br)ccc43)CC2)sc2ccc(Cl)cc12. The number of anilines is 1. The number of carbonyl (C=O) groups excluding carboxylic acids is 1. The van der Waals surface area contributed by atoms with E-state index in [2.05, 4.69) is 15.9 Å². The van der Waals surface area contributed by atoms with Gasteiger partial charge in [0.2, 0.25) is 0 Å². The Labute approximate surface area is 203 Å². The monoisotopic (exact) mass is 554 g/mol. The Morgan fingerprint density at radius 2 is 1.91 bits per heavy atom. The molecule has 3 aromatic rings. The van der Waals surface area contributed by atoms with Gasteiger partial charge in [-0.2, -0.15) is 4.31 Å². The van der Waals surface area contributed by atoms with Crippen molar-refractivity contribution in [3.8, 4) is 0 Å². The molecule has 2 aromatic carbocycles. The largest absolute Gasteiger partial charge is 0.444 e. The number of rotatable bonds is 3. The molecule has 10 heteroatoms. The van der Waals surface area contributed by atoms with Gasteiger partial charge in [0.05, 0.1) is 5.69 Å². The molecule has 168 valence electrons. The van der Waals surface area contributed by atoms with E-state index in [0.29, 0.717) is 35.2 Å². The van der Waals surface area contributed by atoms with Gasteiger partial charge in [0.1, 0.15) is 10.8 Å². The van der Waals surface area contributed by atoms with Gasteiger partial charge in [-0.25, -0.2) is 13.2 Å². The molecule has 5 rings (SSSR count). The number of halogens is 2. The number of cyclic esters (lactones) is 1. The number of benzene rings is 2. The number of thiophene rings is 1. The predicted octanol–water partition coefficient (Wildman–Crippen LogP) is 5.94. The summed E-state index contributed by atoms with van der Waals surface area (Å²) < 4.78 is 36.0. The number of amides is 1. The fourth-order valence-electron chi connectivity index (χ4n) is 4.43. The molecule has 1 fully saturated rings. The first-order chi connectivity index (χ1) is 15.3. The minimum Gasteiger partial charge on any atom is -0.444 e. The van der Waals surface area contributed by atoms with Gasteiger partial charge >= 0.3 is 6.09 Å². The van der Waals surface area contributed by atoms with Crippen LogP contribution in [-0.4, -0.2) is 37.9 Å². The Morgan fingerprint density at radius 3 is 2.66 bits per heavy atom. The lowest BCUT2D eigenvalue weighted by Crippen LogP contribution is -2.50. The van der Waals surface area contributed by atoms with Crippen molar-refractivity contribution in [1.82, 2.24) is 4.31 Å². The number of nitrogens with zero attached hydrogens (tertiary/aromatic N) is 2. The Kier molecular flexibility index (Phi) is 5.74. The molecule has 32 heavy (non-hydrogen) atoms. The van der Waals surface area contributed by atoms with Crippen molar-refractivity contribution >= 4 is 70.8 Å². The molecule has 6 nitrogen and oxygen atoms in total. The molecule has 0 atom stereocenters. The van der Waals surface area contributed by atoms with Crippen LogP contribution in [0.3, 0.4) is 0 Å². The highest BCUT2D eigenvalue weighted by Gasteiger charge is 2.38. The van der Waals surface area contributed by atoms with Gasteiger partial charge < -0.3 is 4.74 Å². The average Bonchev–Trinajstić information content (AvgIpc) is 3.10. The van der Waals surface area contributed by atoms with Crippen LogP contribution in [0.15, 0.2) is 45.1 Å². The number of hydrogen-bond acceptors (Lipinski definition) is 5. The fourth-order valence-corrected chi connectivity index (χ4v) is 8.36. The molecule has 0 N–H and O–H groups in total. The van der Waals surface area contributed by atoms with Crippen LogP contribution in [0.1, 0.15) is 24.0 Å². The van der Waals surface area contributed by atoms with Crippen molar-refractivity contribution < 1.29 is 17.9 Å². The smallest absolute Gasteiger partial charge is 0.414 e. The number of ether oxygens (including phenoxy) is 1. The van der Waals surface area contributed by atoms with E-state index in [4.69, 9.17) is 16.3 Å². The summed E-state index contributed by atoms with van der Waals surface area (Å²) in [5.41, 5.74) is 2.50. The summed E-state index contributed by atoms with van der Waals surface area (Å²) in [5, 5.41) is 1.46. The van der Waals surface area contributed by atoms with E-state index in [1.54, 1.807) is 11.0 Å². The lowest BCUT2D eigenvalue weighted by Gasteiger charge is -2.39. The highest BCUT2D eigenvalue weighted by atomic mass is 79.9. The van der Waals surface area contributed by atoms with Crippen LogP contribution in [0.5, 0.6) is 0 Å². The van der Waals surface area contributed by atoms with Gasteiger partial charge in [-0.15, -0.1) is 11.3 Å². The molecule has 0 unspecified atom stereocenters. The van der Waals surface area contributed by atoms with Gasteiger partial charge in [-0.05, 0) is 67.1 Å². The lowest BCUT2D eigenvalue weighted by atomic mass is 10.0. The standard InChI is InChI=1S/C22H20BrClN2O4S2/c1-13-18-11-16(24)3-5-20(18)31-21(13)32(28,29)25-8-6-17(7-9-25)26-19-4-2-15(23)10-14(19)12-30-22(26)27/h2-5,10-11,17H,6-9,12H2,1H3. The van der Waals surface area contributed by atoms with E-state index in [-0.39, 0.29) is 18.7 Å². The summed E-state index contributed by atoms with van der Waals surface area (Å²) in [6.07, 6.45) is 0.706. The minimum atomic E-state index is -3.63. The van der Waals surface area contributed by atoms with Crippen LogP contribution in [0.4, 0.5) is 10.5 Å². The van der Waals surface area contributed by atoms with Crippen molar-refractivity contribution in [3.05, 3.63) is 57.0 Å². The van der Waals surface area contributed by atoms with Crippen molar-refractivity contribution in [3.63, 3.8) is 0 Å². The normalized spacial score (nSPS) is 18.1. The highest BCUT2D eigenvalue weighted by Crippen LogP contribution is 2.39. The Morgan fingerprint density at radius 1 is 1.16 bits per heavy atom. The molecule has 2 aliphatic rings. The third kappa shape index (κ3) is 3.74. The van der Waals surface area contributed by atoms with Crippen LogP contribution in [0.2, 0.25) is 5.02 Å². The van der Waals surface area contributed by atoms with E-state index in [0.717, 1.165) is 31.4 Å². The predicted molar refractivity (Wildman–Crippen MR) is 130 cm³/mol.